The van der Waals surface area contributed by atoms with Crippen LogP contribution in [-0.2, 0) is 4.74 Å². The molecule has 0 aromatic heterocycles. The summed E-state index contributed by atoms with van der Waals surface area (Å²) < 4.78 is 5.10. The molecule has 0 spiro atoms. The van der Waals surface area contributed by atoms with Crippen molar-refractivity contribution in [1.82, 2.24) is 0 Å². The van der Waals surface area contributed by atoms with Crippen LogP contribution in [0, 0.1) is 6.92 Å². The Morgan fingerprint density at radius 3 is 1.87 bits per heavy atom. The van der Waals surface area contributed by atoms with Gasteiger partial charge in [-0.1, -0.05) is 103 Å². The highest BCUT2D eigenvalue weighted by molar-refractivity contribution is 5.98. The first-order valence-electron chi connectivity index (χ1n) is 11.7. The fraction of sp³-hybridized carbons (Fsp3) is 0.680. The van der Waals surface area contributed by atoms with Crippen molar-refractivity contribution >= 4 is 17.7 Å². The van der Waals surface area contributed by atoms with Crippen LogP contribution in [0.25, 0.3) is 0 Å². The zero-order valence-corrected chi connectivity index (χ0v) is 19.6. The normalized spacial score (nSPS) is 10.1. The second-order valence-electron chi connectivity index (χ2n) is 7.80. The van der Waals surface area contributed by atoms with Crippen LogP contribution in [0.15, 0.2) is 18.2 Å². The number of carbonyl (C=O) groups is 2. The van der Waals surface area contributed by atoms with Gasteiger partial charge >= 0.3 is 12.1 Å². The topological polar surface area (TPSA) is 75.6 Å². The number of amides is 1. The molecule has 1 amide bonds. The third kappa shape index (κ3) is 14.9. The van der Waals surface area contributed by atoms with Crippen molar-refractivity contribution in [3.05, 3.63) is 29.3 Å². The third-order valence-electron chi connectivity index (χ3n) is 4.83. The molecule has 0 atom stereocenters. The van der Waals surface area contributed by atoms with Crippen LogP contribution in [0.1, 0.15) is 114 Å². The van der Waals surface area contributed by atoms with E-state index in [0.29, 0.717) is 6.61 Å². The highest BCUT2D eigenvalue weighted by atomic mass is 16.5. The van der Waals surface area contributed by atoms with Gasteiger partial charge in [0, 0.05) is 0 Å². The number of unbranched alkanes of at least 4 members (excludes halogenated alkanes) is 10. The van der Waals surface area contributed by atoms with Crippen molar-refractivity contribution < 1.29 is 19.4 Å². The maximum absolute atomic E-state index is 11.7. The first-order valence-corrected chi connectivity index (χ1v) is 11.7. The Kier molecular flexibility index (Phi) is 17.7. The number of benzene rings is 1. The number of hydrogen-bond acceptors (Lipinski definition) is 3. The molecule has 172 valence electrons. The van der Waals surface area contributed by atoms with Crippen LogP contribution in [0.3, 0.4) is 0 Å². The van der Waals surface area contributed by atoms with Gasteiger partial charge in [0.15, 0.2) is 0 Å². The van der Waals surface area contributed by atoms with Crippen molar-refractivity contribution in [3.63, 3.8) is 0 Å². The minimum absolute atomic E-state index is 0.0675. The van der Waals surface area contributed by atoms with Crippen LogP contribution in [0.2, 0.25) is 0 Å². The van der Waals surface area contributed by atoms with Gasteiger partial charge in [-0.15, -0.1) is 0 Å². The number of hydrogen-bond donors (Lipinski definition) is 2. The van der Waals surface area contributed by atoms with E-state index < -0.39 is 12.1 Å². The van der Waals surface area contributed by atoms with Gasteiger partial charge in [0.2, 0.25) is 0 Å². The quantitative estimate of drug-likeness (QED) is 0.299. The lowest BCUT2D eigenvalue weighted by Crippen LogP contribution is -2.16. The Balaban J connectivity index is 0.00000103. The number of rotatable bonds is 14. The van der Waals surface area contributed by atoms with Gasteiger partial charge < -0.3 is 9.84 Å². The van der Waals surface area contributed by atoms with E-state index in [1.807, 2.05) is 0 Å². The Morgan fingerprint density at radius 1 is 0.833 bits per heavy atom. The largest absolute Gasteiger partial charge is 0.478 e. The molecule has 2 N–H and O–H groups in total. The van der Waals surface area contributed by atoms with Gasteiger partial charge in [-0.2, -0.15) is 0 Å². The Morgan fingerprint density at radius 2 is 1.33 bits per heavy atom. The number of nitrogens with one attached hydrogen (secondary N) is 1. The van der Waals surface area contributed by atoms with Crippen LogP contribution in [0.4, 0.5) is 10.5 Å². The molecule has 5 nitrogen and oxygen atoms in total. The van der Waals surface area contributed by atoms with E-state index in [2.05, 4.69) is 26.1 Å². The molecule has 0 aliphatic heterocycles. The monoisotopic (exact) mass is 421 g/mol. The lowest BCUT2D eigenvalue weighted by atomic mass is 10.1. The van der Waals surface area contributed by atoms with Crippen molar-refractivity contribution in [2.75, 3.05) is 11.9 Å². The maximum atomic E-state index is 11.7. The van der Waals surface area contributed by atoms with Crippen molar-refractivity contribution in [3.8, 4) is 0 Å². The summed E-state index contributed by atoms with van der Waals surface area (Å²) in [6.07, 6.45) is 14.4. The van der Waals surface area contributed by atoms with Crippen LogP contribution in [-0.4, -0.2) is 23.8 Å². The predicted molar refractivity (Wildman–Crippen MR) is 126 cm³/mol. The minimum Gasteiger partial charge on any atom is -0.478 e. The van der Waals surface area contributed by atoms with Gasteiger partial charge in [0.25, 0.3) is 0 Å². The molecule has 5 heteroatoms. The number of carboxylic acids is 1. The molecule has 0 saturated heterocycles. The summed E-state index contributed by atoms with van der Waals surface area (Å²) in [6.45, 7) is 8.84. The summed E-state index contributed by atoms with van der Waals surface area (Å²) >= 11 is 0. The van der Waals surface area contributed by atoms with E-state index in [9.17, 15) is 9.59 Å². The summed E-state index contributed by atoms with van der Waals surface area (Å²) in [7, 11) is 0. The summed E-state index contributed by atoms with van der Waals surface area (Å²) in [6, 6.07) is 4.85. The molecule has 0 bridgehead atoms. The Hall–Kier alpha value is -2.04. The van der Waals surface area contributed by atoms with Crippen molar-refractivity contribution in [2.24, 2.45) is 0 Å². The molecule has 30 heavy (non-hydrogen) atoms. The van der Waals surface area contributed by atoms with Gasteiger partial charge in [-0.25, -0.2) is 9.59 Å². The first-order chi connectivity index (χ1) is 14.5. The molecule has 0 aliphatic carbocycles. The molecule has 0 unspecified atom stereocenters. The number of aryl methyl sites for hydroxylation is 1. The second-order valence-corrected chi connectivity index (χ2v) is 7.80. The third-order valence-corrected chi connectivity index (χ3v) is 4.83. The van der Waals surface area contributed by atoms with Crippen molar-refractivity contribution in [2.45, 2.75) is 105 Å². The second kappa shape index (κ2) is 19.0. The number of carboxylic acid groups (broad SMARTS) is 1. The highest BCUT2D eigenvalue weighted by Crippen LogP contribution is 2.17. The molecule has 0 heterocycles. The fourth-order valence-corrected chi connectivity index (χ4v) is 2.99. The van der Waals surface area contributed by atoms with Gasteiger partial charge in [-0.3, -0.25) is 5.32 Å². The minimum atomic E-state index is -1.07. The number of aromatic carboxylic acids is 1. The van der Waals surface area contributed by atoms with Crippen LogP contribution in [0.5, 0.6) is 0 Å². The highest BCUT2D eigenvalue weighted by Gasteiger charge is 2.13. The number of ether oxygens (including phenoxy) is 1. The summed E-state index contributed by atoms with van der Waals surface area (Å²) in [5, 5.41) is 11.6. The number of anilines is 1. The predicted octanol–water partition coefficient (Wildman–Crippen LogP) is 7.97. The van der Waals surface area contributed by atoms with Crippen LogP contribution < -0.4 is 5.32 Å². The van der Waals surface area contributed by atoms with Crippen LogP contribution >= 0.6 is 0 Å². The van der Waals surface area contributed by atoms with E-state index in [1.165, 1.54) is 63.9 Å². The van der Waals surface area contributed by atoms with E-state index in [1.54, 1.807) is 19.1 Å². The molecular formula is C25H43NO4. The molecule has 0 saturated carbocycles. The van der Waals surface area contributed by atoms with Gasteiger partial charge in [0.1, 0.15) is 0 Å². The zero-order valence-electron chi connectivity index (χ0n) is 19.6. The van der Waals surface area contributed by atoms with E-state index >= 15 is 0 Å². The summed E-state index contributed by atoms with van der Waals surface area (Å²) in [5.74, 6) is -1.07. The maximum Gasteiger partial charge on any atom is 0.411 e. The standard InChI is InChI=1S/C18H27NO4.C7H16/c1-3-4-5-6-7-8-9-12-23-18(22)19-16-11-10-14(2)13-15(16)17(20)21;1-3-5-7-6-4-2/h10-11,13H,3-9,12H2,1-2H3,(H,19,22)(H,20,21);3-7H2,1-2H3. The molecule has 1 aromatic carbocycles. The average Bonchev–Trinajstić information content (AvgIpc) is 2.72. The zero-order chi connectivity index (χ0) is 22.6. The van der Waals surface area contributed by atoms with Gasteiger partial charge in [-0.05, 0) is 25.5 Å². The summed E-state index contributed by atoms with van der Waals surface area (Å²) in [4.78, 5) is 22.9. The lowest BCUT2D eigenvalue weighted by Gasteiger charge is -2.10. The molecule has 0 aliphatic rings. The first kappa shape index (κ1) is 28.0. The molecule has 0 fully saturated rings. The fourth-order valence-electron chi connectivity index (χ4n) is 2.99. The van der Waals surface area contributed by atoms with E-state index in [4.69, 9.17) is 9.84 Å². The average molecular weight is 422 g/mol. The van der Waals surface area contributed by atoms with E-state index in [-0.39, 0.29) is 11.3 Å². The smallest absolute Gasteiger partial charge is 0.411 e. The Labute approximate surface area is 183 Å². The van der Waals surface area contributed by atoms with Crippen molar-refractivity contribution in [1.29, 1.82) is 0 Å². The molecular weight excluding hydrogens is 378 g/mol. The molecule has 1 rings (SSSR count). The SMILES string of the molecule is CCCCCCC.CCCCCCCCCOC(=O)Nc1ccc(C)cc1C(=O)O. The lowest BCUT2D eigenvalue weighted by molar-refractivity contribution is 0.0698. The van der Waals surface area contributed by atoms with Gasteiger partial charge in [0.05, 0.1) is 17.9 Å². The van der Waals surface area contributed by atoms with E-state index in [0.717, 1.165) is 24.8 Å². The summed E-state index contributed by atoms with van der Waals surface area (Å²) in [5.41, 5.74) is 1.15. The molecule has 0 radical (unpaired) electrons. The molecule has 1 aromatic rings. The Bertz CT molecular complexity index is 583. The number of carbonyl (C=O) groups excluding carboxylic acids is 1.